The first kappa shape index (κ1) is 18.7. The van der Waals surface area contributed by atoms with Gasteiger partial charge in [-0.3, -0.25) is 9.59 Å². The minimum Gasteiger partial charge on any atom is -0.361 e. The SMILES string of the molecule is Cc1ccc(CC(=O)c2ccc3ccccc3n2)cc1CC(=O)c1cnoc1C. The Morgan fingerprint density at radius 3 is 2.55 bits per heavy atom. The number of benzene rings is 2. The molecule has 2 heterocycles. The summed E-state index contributed by atoms with van der Waals surface area (Å²) in [6.07, 6.45) is 1.93. The van der Waals surface area contributed by atoms with Crippen molar-refractivity contribution in [3.63, 3.8) is 0 Å². The molecule has 29 heavy (non-hydrogen) atoms. The van der Waals surface area contributed by atoms with Crippen molar-refractivity contribution in [2.75, 3.05) is 0 Å². The number of aryl methyl sites for hydroxylation is 2. The molecule has 0 N–H and O–H groups in total. The van der Waals surface area contributed by atoms with Crippen LogP contribution < -0.4 is 0 Å². The van der Waals surface area contributed by atoms with Gasteiger partial charge in [0.2, 0.25) is 0 Å². The van der Waals surface area contributed by atoms with E-state index in [-0.39, 0.29) is 24.4 Å². The lowest BCUT2D eigenvalue weighted by molar-refractivity contribution is 0.0983. The van der Waals surface area contributed by atoms with E-state index < -0.39 is 0 Å². The van der Waals surface area contributed by atoms with Gasteiger partial charge in [-0.2, -0.15) is 0 Å². The number of hydrogen-bond acceptors (Lipinski definition) is 5. The predicted octanol–water partition coefficient (Wildman–Crippen LogP) is 4.69. The molecule has 0 radical (unpaired) electrons. The molecule has 0 bridgehead atoms. The molecular formula is C24H20N2O3. The van der Waals surface area contributed by atoms with E-state index in [0.717, 1.165) is 27.6 Å². The Bertz CT molecular complexity index is 1220. The van der Waals surface area contributed by atoms with Crippen molar-refractivity contribution < 1.29 is 14.1 Å². The number of Topliss-reactive ketones (excluding diaryl/α,β-unsaturated/α-hetero) is 2. The van der Waals surface area contributed by atoms with Gasteiger partial charge in [0.15, 0.2) is 11.6 Å². The number of para-hydroxylation sites is 1. The Labute approximate surface area is 168 Å². The molecule has 0 atom stereocenters. The highest BCUT2D eigenvalue weighted by Gasteiger charge is 2.16. The van der Waals surface area contributed by atoms with Gasteiger partial charge in [-0.15, -0.1) is 0 Å². The van der Waals surface area contributed by atoms with E-state index in [0.29, 0.717) is 17.0 Å². The summed E-state index contributed by atoms with van der Waals surface area (Å²) in [5.41, 5.74) is 4.51. The second-order valence-corrected chi connectivity index (χ2v) is 7.15. The maximum absolute atomic E-state index is 12.8. The Balaban J connectivity index is 1.54. The molecule has 0 amide bonds. The minimum absolute atomic E-state index is 0.0493. The molecule has 5 nitrogen and oxygen atoms in total. The van der Waals surface area contributed by atoms with Gasteiger partial charge in [-0.25, -0.2) is 4.98 Å². The Morgan fingerprint density at radius 1 is 0.931 bits per heavy atom. The first-order valence-corrected chi connectivity index (χ1v) is 9.43. The summed E-state index contributed by atoms with van der Waals surface area (Å²) in [5, 5.41) is 4.68. The van der Waals surface area contributed by atoms with Crippen molar-refractivity contribution in [2.24, 2.45) is 0 Å². The number of carbonyl (C=O) groups is 2. The lowest BCUT2D eigenvalue weighted by Gasteiger charge is -2.08. The third kappa shape index (κ3) is 3.99. The average molecular weight is 384 g/mol. The molecular weight excluding hydrogens is 364 g/mol. The lowest BCUT2D eigenvalue weighted by atomic mass is 9.96. The Hall–Kier alpha value is -3.60. The fraction of sp³-hybridized carbons (Fsp3) is 0.167. The van der Waals surface area contributed by atoms with Crippen LogP contribution in [0.1, 0.15) is 43.3 Å². The van der Waals surface area contributed by atoms with Crippen LogP contribution in [0.2, 0.25) is 0 Å². The standard InChI is InChI=1S/C24H20N2O3/c1-15-7-8-17(11-19(15)13-23(27)20-14-25-29-16(20)2)12-24(28)22-10-9-18-5-3-4-6-21(18)26-22/h3-11,14H,12-13H2,1-2H3. The molecule has 2 aromatic carbocycles. The summed E-state index contributed by atoms with van der Waals surface area (Å²) < 4.78 is 4.99. The first-order valence-electron chi connectivity index (χ1n) is 9.43. The summed E-state index contributed by atoms with van der Waals surface area (Å²) >= 11 is 0. The monoisotopic (exact) mass is 384 g/mol. The van der Waals surface area contributed by atoms with Gasteiger partial charge in [-0.05, 0) is 42.7 Å². The molecule has 0 saturated heterocycles. The topological polar surface area (TPSA) is 73.1 Å². The molecule has 2 aromatic heterocycles. The lowest BCUT2D eigenvalue weighted by Crippen LogP contribution is -2.09. The number of rotatable bonds is 6. The molecule has 4 aromatic rings. The van der Waals surface area contributed by atoms with E-state index in [1.807, 2.05) is 55.5 Å². The van der Waals surface area contributed by atoms with Crippen molar-refractivity contribution in [3.8, 4) is 0 Å². The molecule has 0 aliphatic carbocycles. The number of nitrogens with zero attached hydrogens (tertiary/aromatic N) is 2. The summed E-state index contributed by atoms with van der Waals surface area (Å²) in [6.45, 7) is 3.68. The van der Waals surface area contributed by atoms with Gasteiger partial charge >= 0.3 is 0 Å². The van der Waals surface area contributed by atoms with Crippen LogP contribution >= 0.6 is 0 Å². The second kappa shape index (κ2) is 7.80. The van der Waals surface area contributed by atoms with Crippen molar-refractivity contribution in [3.05, 3.63) is 94.5 Å². The smallest absolute Gasteiger partial charge is 0.185 e. The second-order valence-electron chi connectivity index (χ2n) is 7.15. The molecule has 0 spiro atoms. The molecule has 4 rings (SSSR count). The predicted molar refractivity (Wildman–Crippen MR) is 110 cm³/mol. The van der Waals surface area contributed by atoms with Crippen LogP contribution in [0.15, 0.2) is 65.3 Å². The minimum atomic E-state index is -0.0495. The number of aromatic nitrogens is 2. The first-order chi connectivity index (χ1) is 14.0. The van der Waals surface area contributed by atoms with E-state index in [1.54, 1.807) is 13.0 Å². The molecule has 144 valence electrons. The fourth-order valence-corrected chi connectivity index (χ4v) is 3.36. The van der Waals surface area contributed by atoms with Crippen LogP contribution in [-0.4, -0.2) is 21.7 Å². The van der Waals surface area contributed by atoms with Crippen molar-refractivity contribution in [1.82, 2.24) is 10.1 Å². The van der Waals surface area contributed by atoms with Gasteiger partial charge in [0.05, 0.1) is 17.3 Å². The Morgan fingerprint density at radius 2 is 1.76 bits per heavy atom. The quantitative estimate of drug-likeness (QED) is 0.451. The number of hydrogen-bond donors (Lipinski definition) is 0. The van der Waals surface area contributed by atoms with Gasteiger partial charge in [0.25, 0.3) is 0 Å². The highest BCUT2D eigenvalue weighted by atomic mass is 16.5. The van der Waals surface area contributed by atoms with Crippen molar-refractivity contribution >= 4 is 22.5 Å². The van der Waals surface area contributed by atoms with Crippen LogP contribution in [0.4, 0.5) is 0 Å². The largest absolute Gasteiger partial charge is 0.361 e. The Kier molecular flexibility index (Phi) is 5.04. The normalized spacial score (nSPS) is 11.0. The van der Waals surface area contributed by atoms with E-state index >= 15 is 0 Å². The molecule has 0 saturated carbocycles. The van der Waals surface area contributed by atoms with Crippen molar-refractivity contribution in [1.29, 1.82) is 0 Å². The zero-order valence-corrected chi connectivity index (χ0v) is 16.3. The van der Waals surface area contributed by atoms with Gasteiger partial charge < -0.3 is 4.52 Å². The maximum Gasteiger partial charge on any atom is 0.185 e. The molecule has 0 unspecified atom stereocenters. The van der Waals surface area contributed by atoms with Crippen LogP contribution in [-0.2, 0) is 12.8 Å². The maximum atomic E-state index is 12.8. The summed E-state index contributed by atoms with van der Waals surface area (Å²) in [6, 6.07) is 17.2. The fourth-order valence-electron chi connectivity index (χ4n) is 3.36. The van der Waals surface area contributed by atoms with Gasteiger partial charge in [-0.1, -0.05) is 47.6 Å². The zero-order valence-electron chi connectivity index (χ0n) is 16.3. The average Bonchev–Trinajstić information content (AvgIpc) is 3.16. The van der Waals surface area contributed by atoms with E-state index in [1.165, 1.54) is 6.20 Å². The van der Waals surface area contributed by atoms with Gasteiger partial charge in [0, 0.05) is 18.2 Å². The number of fused-ring (bicyclic) bond motifs is 1. The highest BCUT2D eigenvalue weighted by molar-refractivity contribution is 5.99. The summed E-state index contributed by atoms with van der Waals surface area (Å²) in [5.74, 6) is 0.416. The van der Waals surface area contributed by atoms with Crippen LogP contribution in [0, 0.1) is 13.8 Å². The van der Waals surface area contributed by atoms with E-state index in [2.05, 4.69) is 10.1 Å². The molecule has 5 heteroatoms. The number of pyridine rings is 1. The van der Waals surface area contributed by atoms with Crippen LogP contribution in [0.25, 0.3) is 10.9 Å². The van der Waals surface area contributed by atoms with E-state index in [9.17, 15) is 9.59 Å². The molecule has 0 aliphatic rings. The number of ketones is 2. The summed E-state index contributed by atoms with van der Waals surface area (Å²) in [4.78, 5) is 29.8. The van der Waals surface area contributed by atoms with Crippen LogP contribution in [0.3, 0.4) is 0 Å². The third-order valence-electron chi connectivity index (χ3n) is 5.06. The van der Waals surface area contributed by atoms with Crippen LogP contribution in [0.5, 0.6) is 0 Å². The number of carbonyl (C=O) groups excluding carboxylic acids is 2. The third-order valence-corrected chi connectivity index (χ3v) is 5.06. The van der Waals surface area contributed by atoms with E-state index in [4.69, 9.17) is 4.52 Å². The molecule has 0 fully saturated rings. The summed E-state index contributed by atoms with van der Waals surface area (Å²) in [7, 11) is 0. The van der Waals surface area contributed by atoms with Crippen molar-refractivity contribution in [2.45, 2.75) is 26.7 Å². The molecule has 0 aliphatic heterocycles. The van der Waals surface area contributed by atoms with Gasteiger partial charge in [0.1, 0.15) is 11.5 Å². The highest BCUT2D eigenvalue weighted by Crippen LogP contribution is 2.18. The zero-order chi connectivity index (χ0) is 20.4.